The number of benzene rings is 2. The van der Waals surface area contributed by atoms with Gasteiger partial charge in [0.15, 0.2) is 6.79 Å². The van der Waals surface area contributed by atoms with Gasteiger partial charge in [0.25, 0.3) is 0 Å². The van der Waals surface area contributed by atoms with E-state index >= 15 is 4.39 Å². The third-order valence-corrected chi connectivity index (χ3v) is 11.4. The number of nitrogens with zero attached hydrogens (tertiary/aromatic N) is 6. The van der Waals surface area contributed by atoms with Gasteiger partial charge < -0.3 is 28.6 Å². The van der Waals surface area contributed by atoms with E-state index in [1.165, 1.54) is 13.2 Å². The first-order valence-corrected chi connectivity index (χ1v) is 18.5. The molecular formula is C39H44F2N6O6. The molecule has 4 fully saturated rings. The minimum absolute atomic E-state index is 0.0127. The Labute approximate surface area is 306 Å². The quantitative estimate of drug-likeness (QED) is 0.201. The molecule has 280 valence electrons. The van der Waals surface area contributed by atoms with Crippen LogP contribution in [0.25, 0.3) is 32.9 Å². The summed E-state index contributed by atoms with van der Waals surface area (Å²) >= 11 is 0. The van der Waals surface area contributed by atoms with Crippen molar-refractivity contribution in [3.8, 4) is 28.9 Å². The average molecular weight is 731 g/mol. The molecule has 4 aromatic rings. The number of pyridine rings is 1. The van der Waals surface area contributed by atoms with E-state index in [9.17, 15) is 9.18 Å². The molecule has 2 aromatic heterocycles. The first kappa shape index (κ1) is 34.2. The third-order valence-electron chi connectivity index (χ3n) is 11.4. The highest BCUT2D eigenvalue weighted by Gasteiger charge is 2.52. The lowest BCUT2D eigenvalue weighted by atomic mass is 9.95. The number of anilines is 1. The molecule has 5 aliphatic rings. The SMILES string of the molecule is COCOc1cc(-c2cc3nc(OC[C@]45CCCN4C[C@@H](F)C5)nc4c3c(n2)OC[C@H]2[C@@H]3CC[C@H](CN42)N3C(=O)OC(C)(C)C)c2c(F)cccc2c1. The fraction of sp³-hybridized carbons (Fsp3) is 0.538. The second-order valence-corrected chi connectivity index (χ2v) is 16.0. The normalized spacial score (nSPS) is 26.4. The highest BCUT2D eigenvalue weighted by Crippen LogP contribution is 2.46. The van der Waals surface area contributed by atoms with Crippen LogP contribution in [0.5, 0.6) is 17.6 Å². The van der Waals surface area contributed by atoms with E-state index in [2.05, 4.69) is 9.80 Å². The Morgan fingerprint density at radius 2 is 1.92 bits per heavy atom. The topological polar surface area (TPSA) is 112 Å². The number of alkyl halides is 1. The third kappa shape index (κ3) is 5.94. The summed E-state index contributed by atoms with van der Waals surface area (Å²) in [5.74, 6) is 0.985. The molecule has 0 saturated carbocycles. The fourth-order valence-corrected chi connectivity index (χ4v) is 9.26. The molecule has 5 atom stereocenters. The van der Waals surface area contributed by atoms with E-state index in [4.69, 9.17) is 38.6 Å². The summed E-state index contributed by atoms with van der Waals surface area (Å²) in [5, 5.41) is 1.62. The van der Waals surface area contributed by atoms with Crippen LogP contribution in [-0.2, 0) is 9.47 Å². The Morgan fingerprint density at radius 1 is 1.06 bits per heavy atom. The van der Waals surface area contributed by atoms with Crippen LogP contribution in [-0.4, -0.2) is 113 Å². The second kappa shape index (κ2) is 12.8. The number of carbonyl (C=O) groups is 1. The van der Waals surface area contributed by atoms with Gasteiger partial charge in [-0.1, -0.05) is 12.1 Å². The Balaban J connectivity index is 1.17. The van der Waals surface area contributed by atoms with Crippen molar-refractivity contribution in [2.45, 2.75) is 88.3 Å². The van der Waals surface area contributed by atoms with E-state index in [0.717, 1.165) is 32.2 Å². The summed E-state index contributed by atoms with van der Waals surface area (Å²) < 4.78 is 60.2. The minimum atomic E-state index is -0.897. The van der Waals surface area contributed by atoms with Gasteiger partial charge in [0.2, 0.25) is 5.88 Å². The summed E-state index contributed by atoms with van der Waals surface area (Å²) in [7, 11) is 1.53. The number of hydrogen-bond acceptors (Lipinski definition) is 11. The van der Waals surface area contributed by atoms with Crippen molar-refractivity contribution in [3.05, 3.63) is 42.2 Å². The van der Waals surface area contributed by atoms with E-state index < -0.39 is 23.1 Å². The van der Waals surface area contributed by atoms with Crippen LogP contribution in [0, 0.1) is 5.82 Å². The number of hydrogen-bond donors (Lipinski definition) is 0. The standard InChI is InChI=1S/C39H44F2N6O6/c1-38(2,3)53-37(48)47-24-9-10-30(47)31-19-50-35-33-29(15-28(42-35)26-14-25(52-21-49-4)13-22-7-5-8-27(41)32(22)26)43-36(44-34(33)46(31)18-24)51-20-39-11-6-12-45(39)17-23(40)16-39/h5,7-8,13-15,23-24,30-31H,6,9-12,16-21H2,1-4H3/t23-,24+,30-,31-,39+/m0/s1. The zero-order chi connectivity index (χ0) is 36.6. The molecule has 0 unspecified atom stereocenters. The van der Waals surface area contributed by atoms with Gasteiger partial charge in [0, 0.05) is 37.6 Å². The molecule has 53 heavy (non-hydrogen) atoms. The highest BCUT2D eigenvalue weighted by atomic mass is 19.1. The lowest BCUT2D eigenvalue weighted by Crippen LogP contribution is -2.63. The predicted molar refractivity (Wildman–Crippen MR) is 193 cm³/mol. The Bertz CT molecular complexity index is 2100. The fourth-order valence-electron chi connectivity index (χ4n) is 9.26. The molecule has 5 aliphatic heterocycles. The molecule has 2 bridgehead atoms. The first-order chi connectivity index (χ1) is 25.5. The molecule has 14 heteroatoms. The van der Waals surface area contributed by atoms with E-state index in [0.29, 0.717) is 69.9 Å². The van der Waals surface area contributed by atoms with Crippen LogP contribution in [0.1, 0.15) is 52.9 Å². The summed E-state index contributed by atoms with van der Waals surface area (Å²) in [6.07, 6.45) is 2.61. The minimum Gasteiger partial charge on any atom is -0.475 e. The van der Waals surface area contributed by atoms with Crippen LogP contribution < -0.4 is 19.1 Å². The van der Waals surface area contributed by atoms with Crippen LogP contribution in [0.2, 0.25) is 0 Å². The smallest absolute Gasteiger partial charge is 0.410 e. The van der Waals surface area contributed by atoms with Gasteiger partial charge in [0.05, 0.1) is 34.9 Å². The lowest BCUT2D eigenvalue weighted by molar-refractivity contribution is 0.00537. The number of halogens is 2. The predicted octanol–water partition coefficient (Wildman–Crippen LogP) is 6.27. The molecule has 0 radical (unpaired) electrons. The van der Waals surface area contributed by atoms with Gasteiger partial charge >= 0.3 is 12.1 Å². The number of rotatable bonds is 7. The number of methoxy groups -OCH3 is 1. The molecule has 4 saturated heterocycles. The van der Waals surface area contributed by atoms with Gasteiger partial charge in [-0.3, -0.25) is 9.80 Å². The molecule has 1 amide bonds. The summed E-state index contributed by atoms with van der Waals surface area (Å²) in [6.45, 7) is 7.86. The Morgan fingerprint density at radius 3 is 2.75 bits per heavy atom. The lowest BCUT2D eigenvalue weighted by Gasteiger charge is -2.46. The maximum absolute atomic E-state index is 15.6. The molecule has 12 nitrogen and oxygen atoms in total. The van der Waals surface area contributed by atoms with Crippen LogP contribution >= 0.6 is 0 Å². The van der Waals surface area contributed by atoms with E-state index in [1.807, 2.05) is 31.7 Å². The molecule has 0 N–H and O–H groups in total. The molecule has 2 aromatic carbocycles. The van der Waals surface area contributed by atoms with E-state index in [1.54, 1.807) is 24.3 Å². The molecule has 0 spiro atoms. The van der Waals surface area contributed by atoms with Crippen molar-refractivity contribution in [1.29, 1.82) is 0 Å². The number of amides is 1. The zero-order valence-corrected chi connectivity index (χ0v) is 30.4. The second-order valence-electron chi connectivity index (χ2n) is 16.0. The van der Waals surface area contributed by atoms with Gasteiger partial charge in [-0.05, 0) is 82.7 Å². The number of piperazine rings is 1. The van der Waals surface area contributed by atoms with Gasteiger partial charge in [-0.25, -0.2) is 18.6 Å². The molecule has 9 rings (SSSR count). The molecule has 0 aliphatic carbocycles. The van der Waals surface area contributed by atoms with Crippen molar-refractivity contribution in [2.75, 3.05) is 51.7 Å². The largest absolute Gasteiger partial charge is 0.475 e. The maximum Gasteiger partial charge on any atom is 0.410 e. The van der Waals surface area contributed by atoms with Gasteiger partial charge in [0.1, 0.15) is 47.8 Å². The number of fused-ring (bicyclic) bond motifs is 7. The molecular weight excluding hydrogens is 686 g/mol. The Hall–Kier alpha value is -4.56. The summed E-state index contributed by atoms with van der Waals surface area (Å²) in [5.41, 5.74) is 0.392. The maximum atomic E-state index is 15.6. The van der Waals surface area contributed by atoms with Crippen molar-refractivity contribution in [2.24, 2.45) is 0 Å². The van der Waals surface area contributed by atoms with Crippen molar-refractivity contribution < 1.29 is 37.3 Å². The Kier molecular flexibility index (Phi) is 8.26. The van der Waals surface area contributed by atoms with E-state index in [-0.39, 0.29) is 50.2 Å². The summed E-state index contributed by atoms with van der Waals surface area (Å²) in [4.78, 5) is 34.8. The van der Waals surface area contributed by atoms with Crippen molar-refractivity contribution >= 4 is 33.6 Å². The summed E-state index contributed by atoms with van der Waals surface area (Å²) in [6, 6.07) is 9.82. The number of carbonyl (C=O) groups excluding carboxylic acids is 1. The van der Waals surface area contributed by atoms with Gasteiger partial charge in [-0.15, -0.1) is 0 Å². The average Bonchev–Trinajstić information content (AvgIpc) is 3.72. The molecule has 7 heterocycles. The van der Waals surface area contributed by atoms with Crippen LogP contribution in [0.4, 0.5) is 19.4 Å². The zero-order valence-electron chi connectivity index (χ0n) is 30.4. The first-order valence-electron chi connectivity index (χ1n) is 18.5. The van der Waals surface area contributed by atoms with Crippen LogP contribution in [0.3, 0.4) is 0 Å². The highest BCUT2D eigenvalue weighted by molar-refractivity contribution is 6.01. The van der Waals surface area contributed by atoms with Crippen LogP contribution in [0.15, 0.2) is 36.4 Å². The monoisotopic (exact) mass is 730 g/mol. The van der Waals surface area contributed by atoms with Gasteiger partial charge in [-0.2, -0.15) is 9.97 Å². The van der Waals surface area contributed by atoms with Crippen molar-refractivity contribution in [3.63, 3.8) is 0 Å². The number of aromatic nitrogens is 3. The number of ether oxygens (including phenoxy) is 5. The van der Waals surface area contributed by atoms with Crippen molar-refractivity contribution in [1.82, 2.24) is 24.8 Å².